The second kappa shape index (κ2) is 11.6. The Hall–Kier alpha value is -0.620. The van der Waals surface area contributed by atoms with Gasteiger partial charge in [-0.05, 0) is 63.7 Å². The first-order valence-corrected chi connectivity index (χ1v) is 15.0. The lowest BCUT2D eigenvalue weighted by Gasteiger charge is -2.45. The highest BCUT2D eigenvalue weighted by molar-refractivity contribution is 8.00. The van der Waals surface area contributed by atoms with Crippen LogP contribution in [0.25, 0.3) is 0 Å². The molecule has 0 aromatic carbocycles. The van der Waals surface area contributed by atoms with E-state index in [2.05, 4.69) is 33.5 Å². The van der Waals surface area contributed by atoms with Crippen molar-refractivity contribution in [3.63, 3.8) is 0 Å². The standard InChI is InChI=1S/C25H42ClN5O4S/c1-12-7-14(15-9-22(26)28-11-20(15)35-2)16(10-27-12)24(34)31-25-30-18-4-3-13(8-21(18)36-25)23(33)29-17-5-6-19(17)32/h12-22,25,27-28,30,32H,3-11H2,1-2H3,(H,29,33)(H,31,34)/t12?,13-,14?,15?,16?,17+,18?,19+,20?,21?,22?,25?/m1/s1. The van der Waals surface area contributed by atoms with Crippen molar-refractivity contribution in [1.29, 1.82) is 0 Å². The topological polar surface area (TPSA) is 124 Å². The highest BCUT2D eigenvalue weighted by atomic mass is 35.5. The summed E-state index contributed by atoms with van der Waals surface area (Å²) >= 11 is 8.21. The number of halogens is 1. The van der Waals surface area contributed by atoms with Crippen molar-refractivity contribution in [2.45, 2.75) is 98.5 Å². The fourth-order valence-corrected chi connectivity index (χ4v) is 8.68. The number of aliphatic hydroxyl groups is 1. The number of piperidine rings is 2. The van der Waals surface area contributed by atoms with E-state index in [0.717, 1.165) is 44.9 Å². The number of alkyl halides is 1. The number of fused-ring (bicyclic) bond motifs is 1. The van der Waals surface area contributed by atoms with Gasteiger partial charge in [-0.15, -0.1) is 23.4 Å². The number of ether oxygens (including phenoxy) is 1. The minimum Gasteiger partial charge on any atom is -0.391 e. The van der Waals surface area contributed by atoms with E-state index in [1.807, 2.05) is 0 Å². The molecule has 9 nitrogen and oxygen atoms in total. The van der Waals surface area contributed by atoms with Gasteiger partial charge in [-0.1, -0.05) is 0 Å². The van der Waals surface area contributed by atoms with Gasteiger partial charge in [0, 0.05) is 43.5 Å². The summed E-state index contributed by atoms with van der Waals surface area (Å²) in [5, 5.41) is 26.8. The van der Waals surface area contributed by atoms with Crippen molar-refractivity contribution in [2.75, 3.05) is 20.2 Å². The molecule has 36 heavy (non-hydrogen) atoms. The van der Waals surface area contributed by atoms with Gasteiger partial charge in [0.25, 0.3) is 0 Å². The maximum absolute atomic E-state index is 13.6. The number of aliphatic hydroxyl groups excluding tert-OH is 1. The summed E-state index contributed by atoms with van der Waals surface area (Å²) in [5.74, 6) is 0.435. The normalized spacial score (nSPS) is 46.9. The van der Waals surface area contributed by atoms with E-state index in [-0.39, 0.29) is 58.6 Å². The fraction of sp³-hybridized carbons (Fsp3) is 0.920. The van der Waals surface area contributed by atoms with Crippen LogP contribution in [-0.2, 0) is 14.3 Å². The van der Waals surface area contributed by atoms with Crippen LogP contribution < -0.4 is 26.6 Å². The molecule has 0 radical (unpaired) electrons. The second-order valence-corrected chi connectivity index (χ2v) is 13.3. The van der Waals surface area contributed by atoms with Crippen LogP contribution in [0.15, 0.2) is 0 Å². The molecule has 2 amide bonds. The zero-order valence-corrected chi connectivity index (χ0v) is 22.8. The summed E-state index contributed by atoms with van der Waals surface area (Å²) in [5.41, 5.74) is -0.238. The van der Waals surface area contributed by atoms with Crippen LogP contribution in [0.4, 0.5) is 0 Å². The van der Waals surface area contributed by atoms with Crippen molar-refractivity contribution in [3.8, 4) is 0 Å². The third kappa shape index (κ3) is 5.84. The number of methoxy groups -OCH3 is 1. The summed E-state index contributed by atoms with van der Waals surface area (Å²) in [6.45, 7) is 3.55. The molecule has 204 valence electrons. The molecule has 9 unspecified atom stereocenters. The van der Waals surface area contributed by atoms with Crippen molar-refractivity contribution < 1.29 is 19.4 Å². The van der Waals surface area contributed by atoms with E-state index in [1.54, 1.807) is 18.9 Å². The number of hydrogen-bond donors (Lipinski definition) is 6. The van der Waals surface area contributed by atoms with Gasteiger partial charge in [-0.3, -0.25) is 20.2 Å². The smallest absolute Gasteiger partial charge is 0.226 e. The third-order valence-corrected chi connectivity index (χ3v) is 10.9. The van der Waals surface area contributed by atoms with Gasteiger partial charge in [0.2, 0.25) is 11.8 Å². The highest BCUT2D eigenvalue weighted by Gasteiger charge is 2.46. The zero-order chi connectivity index (χ0) is 25.4. The average molecular weight is 544 g/mol. The maximum atomic E-state index is 13.6. The van der Waals surface area contributed by atoms with Crippen LogP contribution in [0, 0.1) is 23.7 Å². The molecule has 0 bridgehead atoms. The van der Waals surface area contributed by atoms with E-state index in [1.165, 1.54) is 0 Å². The molecule has 3 heterocycles. The molecule has 0 aromatic rings. The molecule has 5 rings (SSSR count). The Morgan fingerprint density at radius 1 is 1.00 bits per heavy atom. The Morgan fingerprint density at radius 2 is 1.83 bits per heavy atom. The van der Waals surface area contributed by atoms with E-state index in [9.17, 15) is 14.7 Å². The van der Waals surface area contributed by atoms with Gasteiger partial charge in [0.15, 0.2) is 0 Å². The van der Waals surface area contributed by atoms with Gasteiger partial charge >= 0.3 is 0 Å². The Balaban J connectivity index is 1.17. The van der Waals surface area contributed by atoms with Crippen molar-refractivity contribution in [3.05, 3.63) is 0 Å². The maximum Gasteiger partial charge on any atom is 0.226 e. The molecule has 5 fully saturated rings. The Labute approximate surface area is 223 Å². The average Bonchev–Trinajstić information content (AvgIpc) is 3.27. The van der Waals surface area contributed by atoms with E-state index in [4.69, 9.17) is 16.3 Å². The first-order chi connectivity index (χ1) is 17.3. The predicted octanol–water partition coefficient (Wildman–Crippen LogP) is 0.703. The van der Waals surface area contributed by atoms with Crippen molar-refractivity contribution in [2.24, 2.45) is 23.7 Å². The van der Waals surface area contributed by atoms with E-state index in [0.29, 0.717) is 30.4 Å². The number of carbonyl (C=O) groups excluding carboxylic acids is 2. The fourth-order valence-electron chi connectivity index (χ4n) is 6.85. The van der Waals surface area contributed by atoms with Gasteiger partial charge < -0.3 is 25.8 Å². The number of thioether (sulfide) groups is 1. The van der Waals surface area contributed by atoms with E-state index >= 15 is 0 Å². The van der Waals surface area contributed by atoms with Crippen LogP contribution in [-0.4, -0.2) is 83.7 Å². The summed E-state index contributed by atoms with van der Waals surface area (Å²) in [6, 6.07) is 0.576. The predicted molar refractivity (Wildman–Crippen MR) is 140 cm³/mol. The molecule has 0 spiro atoms. The number of amides is 2. The summed E-state index contributed by atoms with van der Waals surface area (Å²) in [4.78, 5) is 26.3. The molecule has 0 aromatic heterocycles. The molecule has 6 N–H and O–H groups in total. The van der Waals surface area contributed by atoms with E-state index < -0.39 is 6.10 Å². The number of rotatable bonds is 6. The van der Waals surface area contributed by atoms with Crippen molar-refractivity contribution >= 4 is 35.2 Å². The molecule has 12 atom stereocenters. The lowest BCUT2D eigenvalue weighted by molar-refractivity contribution is -0.130. The lowest BCUT2D eigenvalue weighted by Crippen LogP contribution is -2.57. The summed E-state index contributed by atoms with van der Waals surface area (Å²) in [7, 11) is 1.75. The third-order valence-electron chi connectivity index (χ3n) is 9.19. The molecular formula is C25H42ClN5O4S. The number of hydrogen-bond acceptors (Lipinski definition) is 8. The Kier molecular flexibility index (Phi) is 8.72. The summed E-state index contributed by atoms with van der Waals surface area (Å²) < 4.78 is 5.80. The molecule has 11 heteroatoms. The van der Waals surface area contributed by atoms with Gasteiger partial charge in [-0.2, -0.15) is 0 Å². The lowest BCUT2D eigenvalue weighted by atomic mass is 9.70. The quantitative estimate of drug-likeness (QED) is 0.214. The molecule has 2 aliphatic carbocycles. The van der Waals surface area contributed by atoms with Gasteiger partial charge in [-0.25, -0.2) is 0 Å². The molecule has 3 aliphatic heterocycles. The largest absolute Gasteiger partial charge is 0.391 e. The first-order valence-electron chi connectivity index (χ1n) is 13.7. The Bertz CT molecular complexity index is 810. The minimum absolute atomic E-state index is 0.0226. The molecule has 5 aliphatic rings. The molecule has 3 saturated heterocycles. The van der Waals surface area contributed by atoms with Crippen LogP contribution >= 0.6 is 23.4 Å². The van der Waals surface area contributed by atoms with Gasteiger partial charge in [0.1, 0.15) is 5.50 Å². The summed E-state index contributed by atoms with van der Waals surface area (Å²) in [6.07, 6.45) is 5.57. The first kappa shape index (κ1) is 27.0. The number of carbonyl (C=O) groups is 2. The molecule has 2 saturated carbocycles. The van der Waals surface area contributed by atoms with Crippen LogP contribution in [0.2, 0.25) is 0 Å². The number of nitrogens with one attached hydrogen (secondary N) is 5. The highest BCUT2D eigenvalue weighted by Crippen LogP contribution is 2.40. The Morgan fingerprint density at radius 3 is 2.56 bits per heavy atom. The van der Waals surface area contributed by atoms with Crippen LogP contribution in [0.1, 0.15) is 51.9 Å². The van der Waals surface area contributed by atoms with Crippen molar-refractivity contribution in [1.82, 2.24) is 26.6 Å². The minimum atomic E-state index is -0.396. The second-order valence-electron chi connectivity index (χ2n) is 11.5. The monoisotopic (exact) mass is 543 g/mol. The van der Waals surface area contributed by atoms with Crippen LogP contribution in [0.5, 0.6) is 0 Å². The SMILES string of the molecule is COC1CNC(Cl)CC1C1CC(C)NCC1C(=O)NC1NC2CC[C@@H](C(=O)N[C@H]3CC[C@@H]3O)CC2S1. The van der Waals surface area contributed by atoms with Gasteiger partial charge in [0.05, 0.1) is 29.7 Å². The zero-order valence-electron chi connectivity index (χ0n) is 21.3. The molecular weight excluding hydrogens is 502 g/mol. The van der Waals surface area contributed by atoms with Crippen LogP contribution in [0.3, 0.4) is 0 Å².